The van der Waals surface area contributed by atoms with Crippen molar-refractivity contribution in [2.75, 3.05) is 0 Å². The minimum atomic E-state index is 0.628. The van der Waals surface area contributed by atoms with Gasteiger partial charge in [0, 0.05) is 12.4 Å². The van der Waals surface area contributed by atoms with Gasteiger partial charge in [0.25, 0.3) is 0 Å². The van der Waals surface area contributed by atoms with Crippen LogP contribution in [-0.4, -0.2) is 4.98 Å². The van der Waals surface area contributed by atoms with Gasteiger partial charge >= 0.3 is 0 Å². The lowest BCUT2D eigenvalue weighted by molar-refractivity contribution is 0.626. The van der Waals surface area contributed by atoms with E-state index in [0.29, 0.717) is 5.92 Å². The Morgan fingerprint density at radius 2 is 1.85 bits per heavy atom. The van der Waals surface area contributed by atoms with Gasteiger partial charge in [-0.15, -0.1) is 0 Å². The smallest absolute Gasteiger partial charge is 0.0302 e. The fourth-order valence-corrected chi connectivity index (χ4v) is 2.81. The molecule has 0 bridgehead atoms. The van der Waals surface area contributed by atoms with E-state index in [-0.39, 0.29) is 0 Å². The third-order valence-corrected chi connectivity index (χ3v) is 3.94. The van der Waals surface area contributed by atoms with E-state index in [1.54, 1.807) is 0 Å². The van der Waals surface area contributed by atoms with Crippen LogP contribution in [0.4, 0.5) is 0 Å². The molecule has 0 aliphatic heterocycles. The first-order valence-electron chi connectivity index (χ1n) is 7.78. The van der Waals surface area contributed by atoms with E-state index >= 15 is 0 Å². The summed E-state index contributed by atoms with van der Waals surface area (Å²) in [7, 11) is 0. The maximum atomic E-state index is 4.27. The molecule has 2 rings (SSSR count). The summed E-state index contributed by atoms with van der Waals surface area (Å²) >= 11 is 0. The van der Waals surface area contributed by atoms with Crippen LogP contribution < -0.4 is 0 Å². The first kappa shape index (κ1) is 14.8. The van der Waals surface area contributed by atoms with E-state index in [1.807, 2.05) is 12.4 Å². The zero-order chi connectivity index (χ0) is 14.2. The number of benzene rings is 1. The van der Waals surface area contributed by atoms with E-state index in [4.69, 9.17) is 0 Å². The standard InChI is InChI=1S/C19H25N/c1-3-8-18-15-20-14-13-19(18)16(2)9-7-12-17-10-5-4-6-11-17/h4-6,10-11,13-16H,3,7-9,12H2,1-2H3. The van der Waals surface area contributed by atoms with Crippen molar-refractivity contribution in [2.24, 2.45) is 0 Å². The largest absolute Gasteiger partial charge is 0.264 e. The van der Waals surface area contributed by atoms with Crippen molar-refractivity contribution in [3.05, 3.63) is 65.5 Å². The lowest BCUT2D eigenvalue weighted by Gasteiger charge is -2.15. The van der Waals surface area contributed by atoms with Crippen molar-refractivity contribution in [2.45, 2.75) is 51.9 Å². The highest BCUT2D eigenvalue weighted by atomic mass is 14.6. The lowest BCUT2D eigenvalue weighted by atomic mass is 9.90. The Hall–Kier alpha value is -1.63. The van der Waals surface area contributed by atoms with Crippen molar-refractivity contribution in [1.29, 1.82) is 0 Å². The second-order valence-electron chi connectivity index (χ2n) is 5.60. The summed E-state index contributed by atoms with van der Waals surface area (Å²) in [5.41, 5.74) is 4.38. The lowest BCUT2D eigenvalue weighted by Crippen LogP contribution is -2.01. The molecular weight excluding hydrogens is 242 g/mol. The van der Waals surface area contributed by atoms with E-state index in [2.05, 4.69) is 55.2 Å². The Kier molecular flexibility index (Phi) is 5.79. The van der Waals surface area contributed by atoms with Crippen LogP contribution in [0.25, 0.3) is 0 Å². The summed E-state index contributed by atoms with van der Waals surface area (Å²) in [4.78, 5) is 4.27. The average molecular weight is 267 g/mol. The number of nitrogens with zero attached hydrogens (tertiary/aromatic N) is 1. The number of hydrogen-bond acceptors (Lipinski definition) is 1. The number of rotatable bonds is 7. The molecule has 0 amide bonds. The van der Waals surface area contributed by atoms with Crippen molar-refractivity contribution in [1.82, 2.24) is 4.98 Å². The van der Waals surface area contributed by atoms with Gasteiger partial charge in [-0.3, -0.25) is 4.98 Å². The van der Waals surface area contributed by atoms with Gasteiger partial charge in [-0.1, -0.05) is 50.6 Å². The Labute approximate surface area is 123 Å². The summed E-state index contributed by atoms with van der Waals surface area (Å²) in [6, 6.07) is 13.0. The van der Waals surface area contributed by atoms with Gasteiger partial charge in [-0.05, 0) is 54.4 Å². The van der Waals surface area contributed by atoms with Crippen LogP contribution in [0.15, 0.2) is 48.8 Å². The third-order valence-electron chi connectivity index (χ3n) is 3.94. The van der Waals surface area contributed by atoms with Gasteiger partial charge in [0.05, 0.1) is 0 Å². The molecule has 20 heavy (non-hydrogen) atoms. The topological polar surface area (TPSA) is 12.9 Å². The molecule has 0 saturated heterocycles. The Bertz CT molecular complexity index is 504. The molecule has 1 nitrogen and oxygen atoms in total. The van der Waals surface area contributed by atoms with Gasteiger partial charge in [-0.25, -0.2) is 0 Å². The highest BCUT2D eigenvalue weighted by Crippen LogP contribution is 2.25. The first-order valence-corrected chi connectivity index (χ1v) is 7.78. The molecule has 0 radical (unpaired) electrons. The molecule has 1 atom stereocenters. The molecule has 0 fully saturated rings. The molecule has 1 heterocycles. The van der Waals surface area contributed by atoms with Gasteiger partial charge in [-0.2, -0.15) is 0 Å². The predicted octanol–water partition coefficient (Wildman–Crippen LogP) is 5.16. The summed E-state index contributed by atoms with van der Waals surface area (Å²) < 4.78 is 0. The molecule has 0 saturated carbocycles. The fraction of sp³-hybridized carbons (Fsp3) is 0.421. The number of hydrogen-bond donors (Lipinski definition) is 0. The molecule has 1 heteroatoms. The van der Waals surface area contributed by atoms with E-state index < -0.39 is 0 Å². The van der Waals surface area contributed by atoms with E-state index in [9.17, 15) is 0 Å². The van der Waals surface area contributed by atoms with Crippen LogP contribution >= 0.6 is 0 Å². The Morgan fingerprint density at radius 3 is 2.60 bits per heavy atom. The van der Waals surface area contributed by atoms with Gasteiger partial charge in [0.2, 0.25) is 0 Å². The summed E-state index contributed by atoms with van der Waals surface area (Å²) in [6.07, 6.45) is 9.99. The molecule has 0 N–H and O–H groups in total. The highest BCUT2D eigenvalue weighted by molar-refractivity contribution is 5.27. The highest BCUT2D eigenvalue weighted by Gasteiger charge is 2.10. The number of pyridine rings is 1. The second kappa shape index (κ2) is 7.84. The molecule has 0 aliphatic rings. The minimum absolute atomic E-state index is 0.628. The van der Waals surface area contributed by atoms with E-state index in [0.717, 1.165) is 6.42 Å². The quantitative estimate of drug-likeness (QED) is 0.675. The second-order valence-corrected chi connectivity index (χ2v) is 5.60. The van der Waals surface area contributed by atoms with Crippen LogP contribution in [0.5, 0.6) is 0 Å². The van der Waals surface area contributed by atoms with Crippen molar-refractivity contribution < 1.29 is 0 Å². The molecule has 106 valence electrons. The minimum Gasteiger partial charge on any atom is -0.264 e. The first-order chi connectivity index (χ1) is 9.81. The zero-order valence-corrected chi connectivity index (χ0v) is 12.7. The normalized spacial score (nSPS) is 12.3. The summed E-state index contributed by atoms with van der Waals surface area (Å²) in [5.74, 6) is 0.628. The van der Waals surface area contributed by atoms with Crippen molar-refractivity contribution in [3.63, 3.8) is 0 Å². The van der Waals surface area contributed by atoms with Gasteiger partial charge in [0.1, 0.15) is 0 Å². The average Bonchev–Trinajstić information content (AvgIpc) is 2.49. The monoisotopic (exact) mass is 267 g/mol. The SMILES string of the molecule is CCCc1cnccc1C(C)CCCc1ccccc1. The molecule has 1 unspecified atom stereocenters. The third kappa shape index (κ3) is 4.19. The van der Waals surface area contributed by atoms with Crippen LogP contribution in [0, 0.1) is 0 Å². The zero-order valence-electron chi connectivity index (χ0n) is 12.7. The summed E-state index contributed by atoms with van der Waals surface area (Å²) in [5, 5.41) is 0. The van der Waals surface area contributed by atoms with E-state index in [1.165, 1.54) is 42.4 Å². The van der Waals surface area contributed by atoms with Crippen LogP contribution in [-0.2, 0) is 12.8 Å². The van der Waals surface area contributed by atoms with Crippen LogP contribution in [0.2, 0.25) is 0 Å². The Morgan fingerprint density at radius 1 is 1.05 bits per heavy atom. The molecule has 2 aromatic rings. The maximum Gasteiger partial charge on any atom is 0.0302 e. The summed E-state index contributed by atoms with van der Waals surface area (Å²) in [6.45, 7) is 4.58. The van der Waals surface area contributed by atoms with Crippen LogP contribution in [0.1, 0.15) is 55.7 Å². The number of aromatic nitrogens is 1. The molecular formula is C19H25N. The van der Waals surface area contributed by atoms with Crippen molar-refractivity contribution >= 4 is 0 Å². The van der Waals surface area contributed by atoms with Crippen LogP contribution in [0.3, 0.4) is 0 Å². The van der Waals surface area contributed by atoms with Gasteiger partial charge in [0.15, 0.2) is 0 Å². The maximum absolute atomic E-state index is 4.27. The van der Waals surface area contributed by atoms with Crippen molar-refractivity contribution in [3.8, 4) is 0 Å². The molecule has 1 aromatic heterocycles. The van der Waals surface area contributed by atoms with Gasteiger partial charge < -0.3 is 0 Å². The number of aryl methyl sites for hydroxylation is 2. The predicted molar refractivity (Wildman–Crippen MR) is 86.0 cm³/mol. The molecule has 1 aromatic carbocycles. The fourth-order valence-electron chi connectivity index (χ4n) is 2.81. The Balaban J connectivity index is 1.90. The molecule has 0 aliphatic carbocycles. The molecule has 0 spiro atoms.